The smallest absolute Gasteiger partial charge is 0.342 e. The summed E-state index contributed by atoms with van der Waals surface area (Å²) in [6.45, 7) is 2.51. The topological polar surface area (TPSA) is 62.9 Å². The summed E-state index contributed by atoms with van der Waals surface area (Å²) in [7, 11) is 3.77. The van der Waals surface area contributed by atoms with Crippen LogP contribution in [0.1, 0.15) is 23.0 Å². The zero-order valence-electron chi connectivity index (χ0n) is 12.0. The van der Waals surface area contributed by atoms with Gasteiger partial charge in [-0.25, -0.2) is 4.79 Å². The number of phenols is 1. The second-order valence-electron chi connectivity index (χ2n) is 4.66. The van der Waals surface area contributed by atoms with Crippen LogP contribution in [0.3, 0.4) is 0 Å². The van der Waals surface area contributed by atoms with Crippen LogP contribution in [0.25, 0.3) is 11.0 Å². The Balaban J connectivity index is 0.00000220. The van der Waals surface area contributed by atoms with E-state index >= 15 is 0 Å². The standard InChI is InChI=1S/C14H16BrNO4.ClH/c1-4-19-14(18)13-8-5-10(17)9(15)6-11(8)20-12(13)7-16(2)3;/h5-6,17H,4,7H2,1-3H3;1H. The lowest BCUT2D eigenvalue weighted by Crippen LogP contribution is -2.14. The van der Waals surface area contributed by atoms with E-state index in [0.29, 0.717) is 33.3 Å². The number of furan rings is 1. The van der Waals surface area contributed by atoms with Crippen molar-refractivity contribution in [1.29, 1.82) is 0 Å². The van der Waals surface area contributed by atoms with E-state index in [1.165, 1.54) is 6.07 Å². The van der Waals surface area contributed by atoms with Gasteiger partial charge in [0.15, 0.2) is 0 Å². The summed E-state index contributed by atoms with van der Waals surface area (Å²) in [5.74, 6) is 0.144. The van der Waals surface area contributed by atoms with Gasteiger partial charge in [0.1, 0.15) is 22.7 Å². The van der Waals surface area contributed by atoms with E-state index in [-0.39, 0.29) is 24.8 Å². The second-order valence-corrected chi connectivity index (χ2v) is 5.51. The summed E-state index contributed by atoms with van der Waals surface area (Å²) in [6, 6.07) is 3.15. The molecule has 1 N–H and O–H groups in total. The molecule has 1 heterocycles. The van der Waals surface area contributed by atoms with Crippen molar-refractivity contribution in [2.75, 3.05) is 20.7 Å². The Morgan fingerprint density at radius 3 is 2.67 bits per heavy atom. The van der Waals surface area contributed by atoms with Gasteiger partial charge in [-0.3, -0.25) is 0 Å². The average molecular weight is 379 g/mol. The van der Waals surface area contributed by atoms with E-state index in [1.807, 2.05) is 19.0 Å². The van der Waals surface area contributed by atoms with Crippen LogP contribution in [0.15, 0.2) is 21.0 Å². The largest absolute Gasteiger partial charge is 0.507 e. The molecule has 0 saturated carbocycles. The summed E-state index contributed by atoms with van der Waals surface area (Å²) in [6.07, 6.45) is 0. The first-order chi connectivity index (χ1) is 9.43. The van der Waals surface area contributed by atoms with Crippen LogP contribution in [0.4, 0.5) is 0 Å². The molecular formula is C14H17BrClNO4. The summed E-state index contributed by atoms with van der Waals surface area (Å²) < 4.78 is 11.3. The number of halogens is 2. The van der Waals surface area contributed by atoms with Gasteiger partial charge < -0.3 is 19.2 Å². The number of rotatable bonds is 4. The zero-order valence-corrected chi connectivity index (χ0v) is 14.4. The Kier molecular flexibility index (Phi) is 6.07. The summed E-state index contributed by atoms with van der Waals surface area (Å²) >= 11 is 3.23. The molecule has 7 heteroatoms. The minimum absolute atomic E-state index is 0. The van der Waals surface area contributed by atoms with Crippen molar-refractivity contribution in [2.45, 2.75) is 13.5 Å². The van der Waals surface area contributed by atoms with Gasteiger partial charge in [-0.2, -0.15) is 0 Å². The van der Waals surface area contributed by atoms with E-state index in [0.717, 1.165) is 0 Å². The lowest BCUT2D eigenvalue weighted by Gasteiger charge is -2.08. The molecule has 116 valence electrons. The molecule has 2 aromatic rings. The van der Waals surface area contributed by atoms with Crippen molar-refractivity contribution in [3.63, 3.8) is 0 Å². The molecule has 0 atom stereocenters. The third kappa shape index (κ3) is 3.70. The number of esters is 1. The van der Waals surface area contributed by atoms with Gasteiger partial charge in [-0.15, -0.1) is 12.4 Å². The minimum Gasteiger partial charge on any atom is -0.507 e. The van der Waals surface area contributed by atoms with Crippen molar-refractivity contribution in [2.24, 2.45) is 0 Å². The van der Waals surface area contributed by atoms with Crippen LogP contribution < -0.4 is 0 Å². The van der Waals surface area contributed by atoms with Crippen molar-refractivity contribution < 1.29 is 19.1 Å². The summed E-state index contributed by atoms with van der Waals surface area (Å²) in [5, 5.41) is 10.3. The molecule has 5 nitrogen and oxygen atoms in total. The monoisotopic (exact) mass is 377 g/mol. The highest BCUT2D eigenvalue weighted by Gasteiger charge is 2.23. The lowest BCUT2D eigenvalue weighted by molar-refractivity contribution is 0.0524. The van der Waals surface area contributed by atoms with E-state index in [1.54, 1.807) is 13.0 Å². The minimum atomic E-state index is -0.440. The highest BCUT2D eigenvalue weighted by molar-refractivity contribution is 9.10. The molecule has 21 heavy (non-hydrogen) atoms. The fourth-order valence-electron chi connectivity index (χ4n) is 1.98. The number of ether oxygens (including phenoxy) is 1. The molecule has 1 aromatic carbocycles. The normalized spacial score (nSPS) is 10.7. The number of phenolic OH excluding ortho intramolecular Hbond substituents is 1. The number of carbonyl (C=O) groups excluding carboxylic acids is 1. The quantitative estimate of drug-likeness (QED) is 0.824. The first-order valence-electron chi connectivity index (χ1n) is 6.19. The number of hydrogen-bond acceptors (Lipinski definition) is 5. The number of aromatic hydroxyl groups is 1. The molecule has 0 aliphatic heterocycles. The van der Waals surface area contributed by atoms with Gasteiger partial charge >= 0.3 is 5.97 Å². The van der Waals surface area contributed by atoms with Gasteiger partial charge in [-0.05, 0) is 49.1 Å². The Hall–Kier alpha value is -1.24. The van der Waals surface area contributed by atoms with Gasteiger partial charge in [0, 0.05) is 5.39 Å². The van der Waals surface area contributed by atoms with Gasteiger partial charge in [0.05, 0.1) is 17.6 Å². The van der Waals surface area contributed by atoms with Crippen LogP contribution in [0.2, 0.25) is 0 Å². The molecule has 0 aliphatic carbocycles. The Morgan fingerprint density at radius 2 is 2.10 bits per heavy atom. The number of benzene rings is 1. The summed E-state index contributed by atoms with van der Waals surface area (Å²) in [5.41, 5.74) is 0.910. The SMILES string of the molecule is CCOC(=O)c1c(CN(C)C)oc2cc(Br)c(O)cc12.Cl. The Bertz CT molecular complexity index is 654. The van der Waals surface area contributed by atoms with Crippen LogP contribution in [-0.4, -0.2) is 36.7 Å². The van der Waals surface area contributed by atoms with Crippen LogP contribution in [0, 0.1) is 0 Å². The number of hydrogen-bond donors (Lipinski definition) is 1. The predicted molar refractivity (Wildman–Crippen MR) is 86.2 cm³/mol. The molecule has 0 aliphatic rings. The predicted octanol–water partition coefficient (Wildman–Crippen LogP) is 3.56. The molecular weight excluding hydrogens is 362 g/mol. The fourth-order valence-corrected chi connectivity index (χ4v) is 2.31. The maximum absolute atomic E-state index is 12.1. The van der Waals surface area contributed by atoms with E-state index in [2.05, 4.69) is 15.9 Å². The van der Waals surface area contributed by atoms with E-state index < -0.39 is 5.97 Å². The fraction of sp³-hybridized carbons (Fsp3) is 0.357. The third-order valence-electron chi connectivity index (χ3n) is 2.77. The molecule has 0 bridgehead atoms. The number of fused-ring (bicyclic) bond motifs is 1. The summed E-state index contributed by atoms with van der Waals surface area (Å²) in [4.78, 5) is 14.0. The van der Waals surface area contributed by atoms with E-state index in [9.17, 15) is 9.90 Å². The first-order valence-corrected chi connectivity index (χ1v) is 6.99. The second kappa shape index (κ2) is 7.15. The maximum atomic E-state index is 12.1. The van der Waals surface area contributed by atoms with Crippen LogP contribution in [-0.2, 0) is 11.3 Å². The molecule has 0 unspecified atom stereocenters. The molecule has 0 saturated heterocycles. The molecule has 0 radical (unpaired) electrons. The van der Waals surface area contributed by atoms with Gasteiger partial charge in [0.2, 0.25) is 0 Å². The van der Waals surface area contributed by atoms with Gasteiger partial charge in [-0.1, -0.05) is 0 Å². The van der Waals surface area contributed by atoms with Gasteiger partial charge in [0.25, 0.3) is 0 Å². The Morgan fingerprint density at radius 1 is 1.43 bits per heavy atom. The first kappa shape index (κ1) is 17.8. The molecule has 0 fully saturated rings. The average Bonchev–Trinajstić information content (AvgIpc) is 2.66. The van der Waals surface area contributed by atoms with Crippen molar-refractivity contribution >= 4 is 45.3 Å². The zero-order chi connectivity index (χ0) is 14.9. The molecule has 1 aromatic heterocycles. The number of nitrogens with zero attached hydrogens (tertiary/aromatic N) is 1. The van der Waals surface area contributed by atoms with Crippen LogP contribution >= 0.6 is 28.3 Å². The third-order valence-corrected chi connectivity index (χ3v) is 3.40. The van der Waals surface area contributed by atoms with E-state index in [4.69, 9.17) is 9.15 Å². The molecule has 0 spiro atoms. The van der Waals surface area contributed by atoms with Crippen LogP contribution in [0.5, 0.6) is 5.75 Å². The maximum Gasteiger partial charge on any atom is 0.342 e. The van der Waals surface area contributed by atoms with Crippen molar-refractivity contribution in [1.82, 2.24) is 4.90 Å². The van der Waals surface area contributed by atoms with Crippen molar-refractivity contribution in [3.05, 3.63) is 27.9 Å². The number of carbonyl (C=O) groups is 1. The highest BCUT2D eigenvalue weighted by atomic mass is 79.9. The highest BCUT2D eigenvalue weighted by Crippen LogP contribution is 2.35. The molecule has 2 rings (SSSR count). The Labute approximate surface area is 137 Å². The lowest BCUT2D eigenvalue weighted by atomic mass is 10.1. The van der Waals surface area contributed by atoms with Crippen molar-refractivity contribution in [3.8, 4) is 5.75 Å². The molecule has 0 amide bonds.